The van der Waals surface area contributed by atoms with Crippen molar-refractivity contribution >= 4 is 22.9 Å². The molecule has 4 heteroatoms. The molecule has 2 aromatic rings. The topological polar surface area (TPSA) is 15.3 Å². The first-order valence-corrected chi connectivity index (χ1v) is 6.77. The lowest BCUT2D eigenvalue weighted by atomic mass is 9.96. The van der Waals surface area contributed by atoms with Gasteiger partial charge in [0.2, 0.25) is 0 Å². The van der Waals surface area contributed by atoms with Crippen LogP contribution in [0.1, 0.15) is 11.1 Å². The molecular weight excluding hydrogens is 275 g/mol. The third-order valence-electron chi connectivity index (χ3n) is 3.41. The third kappa shape index (κ3) is 2.30. The average molecular weight is 289 g/mol. The number of anilines is 1. The molecule has 0 unspecified atom stereocenters. The molecule has 0 fully saturated rings. The van der Waals surface area contributed by atoms with Crippen LogP contribution in [-0.2, 0) is 0 Å². The van der Waals surface area contributed by atoms with Gasteiger partial charge in [0.15, 0.2) is 0 Å². The van der Waals surface area contributed by atoms with Crippen molar-refractivity contribution in [2.75, 3.05) is 18.6 Å². The van der Waals surface area contributed by atoms with E-state index in [2.05, 4.69) is 5.43 Å². The number of hydrogen-bond donors (Lipinski definition) is 1. The van der Waals surface area contributed by atoms with Gasteiger partial charge in [-0.3, -0.25) is 0 Å². The van der Waals surface area contributed by atoms with E-state index in [1.807, 2.05) is 42.4 Å². The molecule has 0 aliphatic carbocycles. The van der Waals surface area contributed by atoms with E-state index in [1.54, 1.807) is 12.1 Å². The lowest BCUT2D eigenvalue weighted by Crippen LogP contribution is -2.33. The summed E-state index contributed by atoms with van der Waals surface area (Å²) in [6.45, 7) is 0.631. The van der Waals surface area contributed by atoms with Gasteiger partial charge in [-0.1, -0.05) is 35.9 Å². The number of benzene rings is 2. The molecule has 0 bridgehead atoms. The third-order valence-corrected chi connectivity index (χ3v) is 3.64. The Morgan fingerprint density at radius 3 is 2.75 bits per heavy atom. The Labute approximate surface area is 122 Å². The van der Waals surface area contributed by atoms with Crippen molar-refractivity contribution in [3.8, 4) is 0 Å². The zero-order chi connectivity index (χ0) is 14.1. The highest BCUT2D eigenvalue weighted by molar-refractivity contribution is 6.31. The summed E-state index contributed by atoms with van der Waals surface area (Å²) in [5, 5.41) is 2.57. The van der Waals surface area contributed by atoms with E-state index in [9.17, 15) is 4.39 Å². The van der Waals surface area contributed by atoms with Gasteiger partial charge in [0.1, 0.15) is 5.82 Å². The highest BCUT2D eigenvalue weighted by atomic mass is 35.5. The van der Waals surface area contributed by atoms with E-state index >= 15 is 0 Å². The van der Waals surface area contributed by atoms with Gasteiger partial charge < -0.3 is 5.01 Å². The molecule has 0 saturated carbocycles. The molecule has 0 saturated heterocycles. The van der Waals surface area contributed by atoms with E-state index in [1.165, 1.54) is 6.07 Å². The number of halogens is 2. The fraction of sp³-hybridized carbons (Fsp3) is 0.125. The van der Waals surface area contributed by atoms with Crippen LogP contribution >= 0.6 is 11.6 Å². The SMILES string of the molecule is CN1NCC=C(c2ccccc2F)c2cc(Cl)ccc21. The number of rotatable bonds is 1. The van der Waals surface area contributed by atoms with Crippen LogP contribution in [0.5, 0.6) is 0 Å². The van der Waals surface area contributed by atoms with Crippen LogP contribution in [0.3, 0.4) is 0 Å². The highest BCUT2D eigenvalue weighted by Crippen LogP contribution is 2.35. The normalized spacial score (nSPS) is 14.6. The van der Waals surface area contributed by atoms with Gasteiger partial charge in [0.05, 0.1) is 5.69 Å². The van der Waals surface area contributed by atoms with Gasteiger partial charge >= 0.3 is 0 Å². The molecule has 3 rings (SSSR count). The van der Waals surface area contributed by atoms with Crippen LogP contribution in [0.25, 0.3) is 5.57 Å². The lowest BCUT2D eigenvalue weighted by Gasteiger charge is -2.21. The number of hydrazine groups is 1. The molecule has 2 aromatic carbocycles. The summed E-state index contributed by atoms with van der Waals surface area (Å²) in [4.78, 5) is 0. The predicted molar refractivity (Wildman–Crippen MR) is 81.3 cm³/mol. The van der Waals surface area contributed by atoms with Gasteiger partial charge in [-0.25, -0.2) is 9.82 Å². The summed E-state index contributed by atoms with van der Waals surface area (Å²) in [6.07, 6.45) is 1.98. The maximum Gasteiger partial charge on any atom is 0.131 e. The van der Waals surface area contributed by atoms with Crippen molar-refractivity contribution in [2.45, 2.75) is 0 Å². The first-order chi connectivity index (χ1) is 9.66. The maximum atomic E-state index is 14.1. The lowest BCUT2D eigenvalue weighted by molar-refractivity contribution is 0.624. The van der Waals surface area contributed by atoms with Crippen LogP contribution in [0.4, 0.5) is 10.1 Å². The molecule has 0 aromatic heterocycles. The predicted octanol–water partition coefficient (Wildman–Crippen LogP) is 3.87. The van der Waals surface area contributed by atoms with Crippen LogP contribution in [0.2, 0.25) is 5.02 Å². The Bertz CT molecular complexity index is 682. The number of nitrogens with zero attached hydrogens (tertiary/aromatic N) is 1. The summed E-state index contributed by atoms with van der Waals surface area (Å²) >= 11 is 6.11. The molecule has 102 valence electrons. The molecule has 0 atom stereocenters. The average Bonchev–Trinajstić information content (AvgIpc) is 2.59. The molecule has 0 amide bonds. The summed E-state index contributed by atoms with van der Waals surface area (Å²) in [5.74, 6) is -0.228. The maximum absolute atomic E-state index is 14.1. The van der Waals surface area contributed by atoms with E-state index in [0.717, 1.165) is 16.8 Å². The second-order valence-electron chi connectivity index (χ2n) is 4.68. The number of nitrogens with one attached hydrogen (secondary N) is 1. The van der Waals surface area contributed by atoms with Crippen molar-refractivity contribution in [3.05, 3.63) is 70.5 Å². The van der Waals surface area contributed by atoms with Crippen molar-refractivity contribution in [2.24, 2.45) is 0 Å². The number of hydrogen-bond acceptors (Lipinski definition) is 2. The molecular formula is C16H14ClFN2. The minimum Gasteiger partial charge on any atom is -0.311 e. The van der Waals surface area contributed by atoms with Crippen LogP contribution < -0.4 is 10.4 Å². The minimum absolute atomic E-state index is 0.228. The van der Waals surface area contributed by atoms with Crippen molar-refractivity contribution in [1.82, 2.24) is 5.43 Å². The Morgan fingerprint density at radius 2 is 1.95 bits per heavy atom. The van der Waals surface area contributed by atoms with Crippen LogP contribution in [0.15, 0.2) is 48.5 Å². The standard InChI is InChI=1S/C16H14ClFN2/c1-20-16-7-6-11(17)10-14(16)12(8-9-19-20)13-4-2-3-5-15(13)18/h2-8,10,19H,9H2,1H3. The van der Waals surface area contributed by atoms with Gasteiger partial charge in [0, 0.05) is 29.7 Å². The smallest absolute Gasteiger partial charge is 0.131 e. The van der Waals surface area contributed by atoms with Gasteiger partial charge in [-0.2, -0.15) is 0 Å². The molecule has 20 heavy (non-hydrogen) atoms. The zero-order valence-corrected chi connectivity index (χ0v) is 11.8. The molecule has 1 aliphatic rings. The van der Waals surface area contributed by atoms with E-state index in [-0.39, 0.29) is 5.82 Å². The van der Waals surface area contributed by atoms with Gasteiger partial charge in [0.25, 0.3) is 0 Å². The Morgan fingerprint density at radius 1 is 1.15 bits per heavy atom. The fourth-order valence-corrected chi connectivity index (χ4v) is 2.60. The number of fused-ring (bicyclic) bond motifs is 1. The van der Waals surface area contributed by atoms with E-state index in [4.69, 9.17) is 11.6 Å². The minimum atomic E-state index is -0.228. The zero-order valence-electron chi connectivity index (χ0n) is 11.0. The summed E-state index contributed by atoms with van der Waals surface area (Å²) in [5.41, 5.74) is 6.58. The fourth-order valence-electron chi connectivity index (χ4n) is 2.43. The van der Waals surface area contributed by atoms with Crippen LogP contribution in [-0.4, -0.2) is 13.6 Å². The van der Waals surface area contributed by atoms with Gasteiger partial charge in [-0.05, 0) is 29.8 Å². The van der Waals surface area contributed by atoms with Crippen molar-refractivity contribution in [3.63, 3.8) is 0 Å². The van der Waals surface area contributed by atoms with Crippen molar-refractivity contribution < 1.29 is 4.39 Å². The van der Waals surface area contributed by atoms with Crippen molar-refractivity contribution in [1.29, 1.82) is 0 Å². The molecule has 1 heterocycles. The Kier molecular flexibility index (Phi) is 3.47. The van der Waals surface area contributed by atoms with Gasteiger partial charge in [-0.15, -0.1) is 0 Å². The largest absolute Gasteiger partial charge is 0.311 e. The summed E-state index contributed by atoms with van der Waals surface area (Å²) in [6, 6.07) is 12.4. The summed E-state index contributed by atoms with van der Waals surface area (Å²) in [7, 11) is 1.94. The molecule has 2 nitrogen and oxygen atoms in total. The molecule has 0 spiro atoms. The molecule has 1 aliphatic heterocycles. The summed E-state index contributed by atoms with van der Waals surface area (Å²) < 4.78 is 14.1. The first-order valence-electron chi connectivity index (χ1n) is 6.39. The monoisotopic (exact) mass is 288 g/mol. The van der Waals surface area contributed by atoms with E-state index in [0.29, 0.717) is 17.1 Å². The second-order valence-corrected chi connectivity index (χ2v) is 5.12. The van der Waals surface area contributed by atoms with E-state index < -0.39 is 0 Å². The quantitative estimate of drug-likeness (QED) is 0.857. The Hall–Kier alpha value is -1.84. The molecule has 0 radical (unpaired) electrons. The first kappa shape index (κ1) is 13.2. The second kappa shape index (κ2) is 5.27. The van der Waals surface area contributed by atoms with Crippen LogP contribution in [0, 0.1) is 5.82 Å². The highest BCUT2D eigenvalue weighted by Gasteiger charge is 2.18. The molecule has 1 N–H and O–H groups in total. The Balaban J connectivity index is 2.22.